The summed E-state index contributed by atoms with van der Waals surface area (Å²) in [6, 6.07) is 5.68. The van der Waals surface area contributed by atoms with Crippen molar-refractivity contribution < 1.29 is 27.5 Å². The number of aliphatic carboxylic acids is 1. The number of fused-ring (bicyclic) bond motifs is 1. The standard InChI is InChI=1S/C17H18F3NO3/c1-9-3-11-5-12(24-15(11)4-10(9)2)6-21-7-13(16(22)23)14(8-21)17(18,19)20/h3-5,13-14H,6-8H2,1-2H3,(H,22,23)/t13-,14-/m1/s1. The van der Waals surface area contributed by atoms with Crippen LogP contribution in [-0.4, -0.2) is 35.2 Å². The summed E-state index contributed by atoms with van der Waals surface area (Å²) >= 11 is 0. The number of hydrogen-bond acceptors (Lipinski definition) is 3. The quantitative estimate of drug-likeness (QED) is 0.924. The molecule has 1 fully saturated rings. The van der Waals surface area contributed by atoms with Crippen molar-refractivity contribution in [3.63, 3.8) is 0 Å². The molecule has 2 atom stereocenters. The lowest BCUT2D eigenvalue weighted by Gasteiger charge is -2.18. The highest BCUT2D eigenvalue weighted by atomic mass is 19.4. The molecule has 1 saturated heterocycles. The number of aryl methyl sites for hydroxylation is 2. The number of alkyl halides is 3. The monoisotopic (exact) mass is 341 g/mol. The zero-order chi connectivity index (χ0) is 17.6. The Labute approximate surface area is 136 Å². The maximum Gasteiger partial charge on any atom is 0.393 e. The van der Waals surface area contributed by atoms with E-state index in [1.807, 2.05) is 26.0 Å². The van der Waals surface area contributed by atoms with Gasteiger partial charge < -0.3 is 9.52 Å². The van der Waals surface area contributed by atoms with Crippen molar-refractivity contribution in [3.05, 3.63) is 35.1 Å². The average Bonchev–Trinajstić information content (AvgIpc) is 3.03. The number of carbonyl (C=O) groups is 1. The van der Waals surface area contributed by atoms with Crippen molar-refractivity contribution in [2.75, 3.05) is 13.1 Å². The lowest BCUT2D eigenvalue weighted by atomic mass is 9.96. The van der Waals surface area contributed by atoms with Gasteiger partial charge in [-0.1, -0.05) is 0 Å². The lowest BCUT2D eigenvalue weighted by Crippen LogP contribution is -2.33. The topological polar surface area (TPSA) is 53.7 Å². The first-order chi connectivity index (χ1) is 11.1. The Hall–Kier alpha value is -2.02. The molecule has 0 aliphatic carbocycles. The Morgan fingerprint density at radius 1 is 1.25 bits per heavy atom. The highest BCUT2D eigenvalue weighted by Gasteiger charge is 2.52. The second-order valence-corrected chi connectivity index (χ2v) is 6.47. The molecule has 1 aromatic heterocycles. The zero-order valence-electron chi connectivity index (χ0n) is 13.4. The highest BCUT2D eigenvalue weighted by Crippen LogP contribution is 2.38. The van der Waals surface area contributed by atoms with E-state index in [9.17, 15) is 18.0 Å². The molecule has 3 rings (SSSR count). The summed E-state index contributed by atoms with van der Waals surface area (Å²) in [5.41, 5.74) is 2.88. The molecule has 7 heteroatoms. The molecule has 130 valence electrons. The number of carboxylic acid groups (broad SMARTS) is 1. The van der Waals surface area contributed by atoms with Gasteiger partial charge in [-0.3, -0.25) is 9.69 Å². The Bertz CT molecular complexity index is 742. The predicted molar refractivity (Wildman–Crippen MR) is 81.6 cm³/mol. The van der Waals surface area contributed by atoms with E-state index in [0.717, 1.165) is 16.5 Å². The van der Waals surface area contributed by atoms with E-state index in [0.29, 0.717) is 11.3 Å². The summed E-state index contributed by atoms with van der Waals surface area (Å²) in [4.78, 5) is 12.6. The van der Waals surface area contributed by atoms with Crippen molar-refractivity contribution in [2.24, 2.45) is 11.8 Å². The number of benzene rings is 1. The summed E-state index contributed by atoms with van der Waals surface area (Å²) in [6.07, 6.45) is -4.51. The maximum absolute atomic E-state index is 13.0. The number of hydrogen-bond donors (Lipinski definition) is 1. The molecule has 1 aliphatic heterocycles. The molecule has 1 aliphatic rings. The molecule has 0 bridgehead atoms. The minimum absolute atomic E-state index is 0.130. The molecule has 2 heterocycles. The fourth-order valence-corrected chi connectivity index (χ4v) is 3.25. The molecule has 0 spiro atoms. The smallest absolute Gasteiger partial charge is 0.393 e. The van der Waals surface area contributed by atoms with Crippen molar-refractivity contribution in [1.82, 2.24) is 4.90 Å². The second kappa shape index (κ2) is 5.81. The van der Waals surface area contributed by atoms with Crippen molar-refractivity contribution >= 4 is 16.9 Å². The Morgan fingerprint density at radius 3 is 2.50 bits per heavy atom. The summed E-state index contributed by atoms with van der Waals surface area (Å²) in [5, 5.41) is 9.95. The van der Waals surface area contributed by atoms with Crippen LogP contribution in [0.3, 0.4) is 0 Å². The van der Waals surface area contributed by atoms with Gasteiger partial charge in [0.15, 0.2) is 0 Å². The van der Waals surface area contributed by atoms with Crippen LogP contribution < -0.4 is 0 Å². The van der Waals surface area contributed by atoms with Crippen LogP contribution in [0.15, 0.2) is 22.6 Å². The Kier molecular flexibility index (Phi) is 4.07. The van der Waals surface area contributed by atoms with E-state index in [1.165, 1.54) is 4.90 Å². The number of nitrogens with zero attached hydrogens (tertiary/aromatic N) is 1. The van der Waals surface area contributed by atoms with Crippen molar-refractivity contribution in [3.8, 4) is 0 Å². The summed E-state index contributed by atoms with van der Waals surface area (Å²) in [6.45, 7) is 3.66. The molecule has 0 unspecified atom stereocenters. The van der Waals surface area contributed by atoms with E-state index >= 15 is 0 Å². The normalized spacial score (nSPS) is 22.4. The molecule has 4 nitrogen and oxygen atoms in total. The molecule has 0 saturated carbocycles. The van der Waals surface area contributed by atoms with E-state index in [4.69, 9.17) is 9.52 Å². The van der Waals surface area contributed by atoms with Crippen LogP contribution >= 0.6 is 0 Å². The van der Waals surface area contributed by atoms with Crippen LogP contribution in [0.2, 0.25) is 0 Å². The minimum atomic E-state index is -4.51. The summed E-state index contributed by atoms with van der Waals surface area (Å²) in [5.74, 6) is -4.14. The first-order valence-corrected chi connectivity index (χ1v) is 7.66. The van der Waals surface area contributed by atoms with Gasteiger partial charge in [-0.25, -0.2) is 0 Å². The van der Waals surface area contributed by atoms with Crippen LogP contribution in [0.25, 0.3) is 11.0 Å². The van der Waals surface area contributed by atoms with Crippen molar-refractivity contribution in [2.45, 2.75) is 26.6 Å². The number of halogens is 3. The van der Waals surface area contributed by atoms with Gasteiger partial charge in [0.25, 0.3) is 0 Å². The third-order valence-electron chi connectivity index (χ3n) is 4.70. The molecular weight excluding hydrogens is 323 g/mol. The summed E-state index contributed by atoms with van der Waals surface area (Å²) < 4.78 is 44.8. The largest absolute Gasteiger partial charge is 0.481 e. The summed E-state index contributed by atoms with van der Waals surface area (Å²) in [7, 11) is 0. The predicted octanol–water partition coefficient (Wildman–Crippen LogP) is 3.74. The van der Waals surface area contributed by atoms with Gasteiger partial charge in [-0.2, -0.15) is 13.2 Å². The number of furan rings is 1. The molecule has 24 heavy (non-hydrogen) atoms. The van der Waals surface area contributed by atoms with E-state index in [-0.39, 0.29) is 19.6 Å². The lowest BCUT2D eigenvalue weighted by molar-refractivity contribution is -0.188. The van der Waals surface area contributed by atoms with E-state index < -0.39 is 24.0 Å². The fourth-order valence-electron chi connectivity index (χ4n) is 3.25. The average molecular weight is 341 g/mol. The molecule has 1 aromatic carbocycles. The van der Waals surface area contributed by atoms with Gasteiger partial charge in [-0.15, -0.1) is 0 Å². The molecule has 1 N–H and O–H groups in total. The SMILES string of the molecule is Cc1cc2cc(CN3C[C@@H](C(F)(F)F)[C@H](C(=O)O)C3)oc2cc1C. The van der Waals surface area contributed by atoms with Gasteiger partial charge >= 0.3 is 12.1 Å². The zero-order valence-corrected chi connectivity index (χ0v) is 13.4. The highest BCUT2D eigenvalue weighted by molar-refractivity contribution is 5.79. The number of carboxylic acids is 1. The first-order valence-electron chi connectivity index (χ1n) is 7.66. The van der Waals surface area contributed by atoms with Crippen LogP contribution in [0, 0.1) is 25.7 Å². The fraction of sp³-hybridized carbons (Fsp3) is 0.471. The first kappa shape index (κ1) is 16.8. The molecule has 0 radical (unpaired) electrons. The van der Waals surface area contributed by atoms with Gasteiger partial charge in [0.2, 0.25) is 0 Å². The molecule has 0 amide bonds. The molecular formula is C17H18F3NO3. The van der Waals surface area contributed by atoms with E-state index in [1.54, 1.807) is 6.07 Å². The van der Waals surface area contributed by atoms with Crippen LogP contribution in [-0.2, 0) is 11.3 Å². The Balaban J connectivity index is 1.80. The van der Waals surface area contributed by atoms with Gasteiger partial charge in [-0.05, 0) is 43.2 Å². The van der Waals surface area contributed by atoms with E-state index in [2.05, 4.69) is 0 Å². The van der Waals surface area contributed by atoms with Crippen LogP contribution in [0.1, 0.15) is 16.9 Å². The number of likely N-dealkylation sites (tertiary alicyclic amines) is 1. The van der Waals surface area contributed by atoms with Crippen molar-refractivity contribution in [1.29, 1.82) is 0 Å². The molecule has 2 aromatic rings. The van der Waals surface area contributed by atoms with Gasteiger partial charge in [0, 0.05) is 18.5 Å². The Morgan fingerprint density at radius 2 is 1.92 bits per heavy atom. The third kappa shape index (κ3) is 3.13. The third-order valence-corrected chi connectivity index (χ3v) is 4.70. The van der Waals surface area contributed by atoms with Gasteiger partial charge in [0.05, 0.1) is 18.4 Å². The van der Waals surface area contributed by atoms with Gasteiger partial charge in [0.1, 0.15) is 11.3 Å². The maximum atomic E-state index is 13.0. The van der Waals surface area contributed by atoms with Crippen LogP contribution in [0.5, 0.6) is 0 Å². The minimum Gasteiger partial charge on any atom is -0.481 e. The second-order valence-electron chi connectivity index (χ2n) is 6.47. The van der Waals surface area contributed by atoms with Crippen LogP contribution in [0.4, 0.5) is 13.2 Å². The number of rotatable bonds is 3.